The highest BCUT2D eigenvalue weighted by atomic mass is 127. The number of nitrogens with two attached hydrogens (primary N) is 1. The van der Waals surface area contributed by atoms with Gasteiger partial charge in [0.05, 0.1) is 24.4 Å². The van der Waals surface area contributed by atoms with Gasteiger partial charge in [-0.2, -0.15) is 0 Å². The van der Waals surface area contributed by atoms with E-state index in [4.69, 9.17) is 10.5 Å². The molecule has 3 rings (SSSR count). The fourth-order valence-electron chi connectivity index (χ4n) is 3.15. The lowest BCUT2D eigenvalue weighted by molar-refractivity contribution is -0.00873. The van der Waals surface area contributed by atoms with Crippen LogP contribution in [0.25, 0.3) is 0 Å². The second-order valence-electron chi connectivity index (χ2n) is 5.17. The maximum absolute atomic E-state index is 5.93. The molecule has 2 fully saturated rings. The summed E-state index contributed by atoms with van der Waals surface area (Å²) in [5, 5.41) is 0. The van der Waals surface area contributed by atoms with Crippen LogP contribution < -0.4 is 10.6 Å². The fourth-order valence-corrected chi connectivity index (χ4v) is 4.00. The first-order valence-electron chi connectivity index (χ1n) is 6.69. The molecule has 1 aromatic rings. The van der Waals surface area contributed by atoms with Crippen LogP contribution in [0.15, 0.2) is 18.2 Å². The maximum atomic E-state index is 5.93. The zero-order chi connectivity index (χ0) is 12.5. The molecule has 2 N–H and O–H groups in total. The van der Waals surface area contributed by atoms with E-state index < -0.39 is 0 Å². The minimum Gasteiger partial charge on any atom is -0.399 e. The van der Waals surface area contributed by atoms with E-state index in [9.17, 15) is 0 Å². The van der Waals surface area contributed by atoms with E-state index in [0.29, 0.717) is 12.1 Å². The van der Waals surface area contributed by atoms with Crippen molar-refractivity contribution in [2.45, 2.75) is 37.8 Å². The number of benzene rings is 1. The number of halogens is 1. The average Bonchev–Trinajstić information content (AvgIpc) is 2.38. The van der Waals surface area contributed by atoms with Gasteiger partial charge in [-0.05, 0) is 53.6 Å². The molecule has 98 valence electrons. The summed E-state index contributed by atoms with van der Waals surface area (Å²) in [7, 11) is 0. The highest BCUT2D eigenvalue weighted by Gasteiger charge is 2.34. The van der Waals surface area contributed by atoms with Crippen LogP contribution in [0.3, 0.4) is 0 Å². The molecule has 0 aromatic heterocycles. The number of fused-ring (bicyclic) bond motifs is 1. The molecule has 0 radical (unpaired) electrons. The Morgan fingerprint density at radius 3 is 2.94 bits per heavy atom. The summed E-state index contributed by atoms with van der Waals surface area (Å²) < 4.78 is 7.18. The Morgan fingerprint density at radius 2 is 2.11 bits per heavy atom. The van der Waals surface area contributed by atoms with Crippen molar-refractivity contribution < 1.29 is 4.74 Å². The van der Waals surface area contributed by atoms with Gasteiger partial charge in [-0.15, -0.1) is 0 Å². The van der Waals surface area contributed by atoms with Crippen LogP contribution in [0.4, 0.5) is 11.4 Å². The summed E-state index contributed by atoms with van der Waals surface area (Å²) in [4.78, 5) is 2.54. The lowest BCUT2D eigenvalue weighted by atomic mass is 9.90. The molecule has 1 saturated carbocycles. The van der Waals surface area contributed by atoms with E-state index in [-0.39, 0.29) is 0 Å². The smallest absolute Gasteiger partial charge is 0.0779 e. The second kappa shape index (κ2) is 5.25. The Morgan fingerprint density at radius 1 is 1.28 bits per heavy atom. The molecule has 18 heavy (non-hydrogen) atoms. The van der Waals surface area contributed by atoms with E-state index in [1.165, 1.54) is 34.9 Å². The zero-order valence-corrected chi connectivity index (χ0v) is 12.6. The van der Waals surface area contributed by atoms with Crippen LogP contribution in [0.1, 0.15) is 25.7 Å². The van der Waals surface area contributed by atoms with Gasteiger partial charge >= 0.3 is 0 Å². The molecule has 4 heteroatoms. The number of hydrogen-bond donors (Lipinski definition) is 1. The van der Waals surface area contributed by atoms with Crippen molar-refractivity contribution in [3.63, 3.8) is 0 Å². The Kier molecular flexibility index (Phi) is 3.66. The molecule has 1 saturated heterocycles. The summed E-state index contributed by atoms with van der Waals surface area (Å²) in [5.74, 6) is 0. The zero-order valence-electron chi connectivity index (χ0n) is 10.4. The summed E-state index contributed by atoms with van der Waals surface area (Å²) >= 11 is 2.39. The molecular formula is C14H19IN2O. The number of morpholine rings is 1. The summed E-state index contributed by atoms with van der Waals surface area (Å²) in [6.45, 7) is 1.85. The van der Waals surface area contributed by atoms with Crippen LogP contribution >= 0.6 is 22.6 Å². The highest BCUT2D eigenvalue weighted by Crippen LogP contribution is 2.34. The third kappa shape index (κ3) is 2.32. The molecule has 1 aromatic carbocycles. The standard InChI is InChI=1S/C14H19IN2O/c15-11-9-10(16)5-6-12(11)17-7-8-18-14-4-2-1-3-13(14)17/h5-6,9,13-14H,1-4,7-8,16H2. The Bertz CT molecular complexity index is 436. The quantitative estimate of drug-likeness (QED) is 0.620. The number of anilines is 2. The molecule has 0 amide bonds. The minimum absolute atomic E-state index is 0.431. The van der Waals surface area contributed by atoms with Crippen LogP contribution in [0, 0.1) is 3.57 Å². The van der Waals surface area contributed by atoms with E-state index in [1.54, 1.807) is 0 Å². The summed E-state index contributed by atoms with van der Waals surface area (Å²) in [6.07, 6.45) is 5.54. The van der Waals surface area contributed by atoms with Gasteiger partial charge in [0.2, 0.25) is 0 Å². The molecule has 2 atom stereocenters. The SMILES string of the molecule is Nc1ccc(N2CCOC3CCCCC32)c(I)c1. The first-order valence-corrected chi connectivity index (χ1v) is 7.77. The van der Waals surface area contributed by atoms with Crippen LogP contribution in [0.5, 0.6) is 0 Å². The molecule has 3 nitrogen and oxygen atoms in total. The first-order chi connectivity index (χ1) is 8.75. The van der Waals surface area contributed by atoms with E-state index in [1.807, 2.05) is 6.07 Å². The lowest BCUT2D eigenvalue weighted by Crippen LogP contribution is -2.53. The monoisotopic (exact) mass is 358 g/mol. The normalized spacial score (nSPS) is 27.9. The van der Waals surface area contributed by atoms with Crippen molar-refractivity contribution in [1.29, 1.82) is 0 Å². The maximum Gasteiger partial charge on any atom is 0.0779 e. The number of hydrogen-bond acceptors (Lipinski definition) is 3. The third-order valence-electron chi connectivity index (χ3n) is 4.01. The molecule has 2 unspecified atom stereocenters. The van der Waals surface area contributed by atoms with Crippen molar-refractivity contribution in [2.75, 3.05) is 23.8 Å². The average molecular weight is 358 g/mol. The molecule has 0 spiro atoms. The number of ether oxygens (including phenoxy) is 1. The van der Waals surface area contributed by atoms with Crippen LogP contribution in [0.2, 0.25) is 0 Å². The van der Waals surface area contributed by atoms with Crippen molar-refractivity contribution >= 4 is 34.0 Å². The van der Waals surface area contributed by atoms with Gasteiger partial charge in [0.15, 0.2) is 0 Å². The van der Waals surface area contributed by atoms with Gasteiger partial charge in [-0.3, -0.25) is 0 Å². The first kappa shape index (κ1) is 12.5. The highest BCUT2D eigenvalue weighted by molar-refractivity contribution is 14.1. The number of nitrogens with zero attached hydrogens (tertiary/aromatic N) is 1. The fraction of sp³-hybridized carbons (Fsp3) is 0.571. The van der Waals surface area contributed by atoms with Gasteiger partial charge in [0.1, 0.15) is 0 Å². The van der Waals surface area contributed by atoms with Gasteiger partial charge < -0.3 is 15.4 Å². The minimum atomic E-state index is 0.431. The molecule has 2 aliphatic rings. The Hall–Kier alpha value is -0.490. The third-order valence-corrected chi connectivity index (χ3v) is 4.88. The molecule has 1 aliphatic heterocycles. The largest absolute Gasteiger partial charge is 0.399 e. The molecular weight excluding hydrogens is 339 g/mol. The van der Waals surface area contributed by atoms with Gasteiger partial charge in [0, 0.05) is 15.8 Å². The molecule has 0 bridgehead atoms. The van der Waals surface area contributed by atoms with E-state index >= 15 is 0 Å². The van der Waals surface area contributed by atoms with Gasteiger partial charge in [-0.1, -0.05) is 12.8 Å². The van der Waals surface area contributed by atoms with Crippen LogP contribution in [-0.4, -0.2) is 25.3 Å². The molecule has 1 heterocycles. The summed E-state index contributed by atoms with van der Waals surface area (Å²) in [5.41, 5.74) is 8.01. The predicted octanol–water partition coefficient (Wildman–Crippen LogP) is 3.02. The Balaban J connectivity index is 1.89. The van der Waals surface area contributed by atoms with Crippen molar-refractivity contribution in [3.8, 4) is 0 Å². The Labute approximate surface area is 122 Å². The number of nitrogen functional groups attached to an aromatic ring is 1. The van der Waals surface area contributed by atoms with Crippen molar-refractivity contribution in [1.82, 2.24) is 0 Å². The van der Waals surface area contributed by atoms with E-state index in [2.05, 4.69) is 39.6 Å². The topological polar surface area (TPSA) is 38.5 Å². The van der Waals surface area contributed by atoms with Gasteiger partial charge in [-0.25, -0.2) is 0 Å². The molecule has 1 aliphatic carbocycles. The van der Waals surface area contributed by atoms with Crippen LogP contribution in [-0.2, 0) is 4.74 Å². The lowest BCUT2D eigenvalue weighted by Gasteiger charge is -2.45. The van der Waals surface area contributed by atoms with Gasteiger partial charge in [0.25, 0.3) is 0 Å². The van der Waals surface area contributed by atoms with Crippen molar-refractivity contribution in [2.24, 2.45) is 0 Å². The van der Waals surface area contributed by atoms with Crippen molar-refractivity contribution in [3.05, 3.63) is 21.8 Å². The second-order valence-corrected chi connectivity index (χ2v) is 6.33. The van der Waals surface area contributed by atoms with E-state index in [0.717, 1.165) is 18.8 Å². The predicted molar refractivity (Wildman–Crippen MR) is 82.9 cm³/mol. The number of rotatable bonds is 1. The summed E-state index contributed by atoms with van der Waals surface area (Å²) in [6, 6.07) is 6.78.